The van der Waals surface area contributed by atoms with Gasteiger partial charge >= 0.3 is 0 Å². The molecule has 0 amide bonds. The molecular weight excluding hydrogens is 349 g/mol. The number of Topliss-reactive ketones (excluding diaryl/α,β-unsaturated/α-hetero) is 1. The molecule has 0 aliphatic heterocycles. The second-order valence-corrected chi connectivity index (χ2v) is 5.88. The first-order chi connectivity index (χ1) is 11.4. The average Bonchev–Trinajstić information content (AvgIpc) is 2.51. The van der Waals surface area contributed by atoms with Crippen molar-refractivity contribution in [2.75, 3.05) is 14.1 Å². The van der Waals surface area contributed by atoms with Crippen molar-refractivity contribution in [1.29, 1.82) is 5.26 Å². The summed E-state index contributed by atoms with van der Waals surface area (Å²) in [7, 11) is 3.44. The van der Waals surface area contributed by atoms with Crippen molar-refractivity contribution in [2.45, 2.75) is 0 Å². The summed E-state index contributed by atoms with van der Waals surface area (Å²) in [5.74, 6) is -0.0708. The lowest BCUT2D eigenvalue weighted by molar-refractivity contribution is 0.103. The highest BCUT2D eigenvalue weighted by molar-refractivity contribution is 6.34. The van der Waals surface area contributed by atoms with Crippen LogP contribution in [0.2, 0.25) is 10.0 Å². The molecule has 0 aliphatic carbocycles. The zero-order valence-corrected chi connectivity index (χ0v) is 14.5. The van der Waals surface area contributed by atoms with Gasteiger partial charge in [0.2, 0.25) is 11.7 Å². The van der Waals surface area contributed by atoms with Gasteiger partial charge in [0.1, 0.15) is 17.4 Å². The molecule has 0 atom stereocenters. The lowest BCUT2D eigenvalue weighted by Gasteiger charge is -2.10. The molecule has 2 rings (SSSR count). The first kappa shape index (κ1) is 17.8. The molecule has 1 aromatic carbocycles. The van der Waals surface area contributed by atoms with E-state index in [0.717, 1.165) is 0 Å². The van der Waals surface area contributed by atoms with Gasteiger partial charge in [-0.05, 0) is 30.3 Å². The molecule has 0 bridgehead atoms. The monoisotopic (exact) mass is 361 g/mol. The second kappa shape index (κ2) is 7.82. The number of allylic oxidation sites excluding steroid dienone is 1. The standard InChI is InChI=1S/C17H13Cl2N3O2/c1-22(2)10-11(9-20)16(23)15-4-3-5-21-17(15)24-14-7-12(18)6-13(19)8-14/h3-8,10H,1-2H3/b11-10+. The van der Waals surface area contributed by atoms with E-state index >= 15 is 0 Å². The lowest BCUT2D eigenvalue weighted by atomic mass is 10.1. The molecule has 0 N–H and O–H groups in total. The molecule has 7 heteroatoms. The van der Waals surface area contributed by atoms with Crippen LogP contribution in [-0.2, 0) is 0 Å². The Balaban J connectivity index is 2.40. The number of nitrogens with zero attached hydrogens (tertiary/aromatic N) is 3. The molecule has 0 radical (unpaired) electrons. The molecule has 5 nitrogen and oxygen atoms in total. The number of halogens is 2. The van der Waals surface area contributed by atoms with Crippen LogP contribution in [0.25, 0.3) is 0 Å². The number of ether oxygens (including phenoxy) is 1. The Morgan fingerprint density at radius 3 is 2.54 bits per heavy atom. The number of nitriles is 1. The van der Waals surface area contributed by atoms with E-state index in [1.165, 1.54) is 18.5 Å². The molecule has 0 unspecified atom stereocenters. The lowest BCUT2D eigenvalue weighted by Crippen LogP contribution is -2.10. The van der Waals surface area contributed by atoms with Crippen molar-refractivity contribution in [3.05, 3.63) is 63.9 Å². The quantitative estimate of drug-likeness (QED) is 0.450. The number of carbonyl (C=O) groups is 1. The van der Waals surface area contributed by atoms with Gasteiger partial charge in [-0.2, -0.15) is 5.26 Å². The number of aromatic nitrogens is 1. The minimum absolute atomic E-state index is 0.0259. The largest absolute Gasteiger partial charge is 0.438 e. The van der Waals surface area contributed by atoms with Crippen LogP contribution in [0, 0.1) is 11.3 Å². The van der Waals surface area contributed by atoms with E-state index in [2.05, 4.69) is 4.98 Å². The van der Waals surface area contributed by atoms with E-state index in [0.29, 0.717) is 15.8 Å². The first-order valence-corrected chi connectivity index (χ1v) is 7.58. The highest BCUT2D eigenvalue weighted by Gasteiger charge is 2.19. The molecular formula is C17H13Cl2N3O2. The summed E-state index contributed by atoms with van der Waals surface area (Å²) in [6.45, 7) is 0. The number of ketones is 1. The van der Waals surface area contributed by atoms with Crippen LogP contribution in [0.4, 0.5) is 0 Å². The summed E-state index contributed by atoms with van der Waals surface area (Å²) in [4.78, 5) is 18.3. The van der Waals surface area contributed by atoms with Crippen LogP contribution in [0.3, 0.4) is 0 Å². The van der Waals surface area contributed by atoms with Crippen molar-refractivity contribution in [3.8, 4) is 17.7 Å². The molecule has 1 heterocycles. The summed E-state index contributed by atoms with van der Waals surface area (Å²) in [6.07, 6.45) is 2.93. The average molecular weight is 362 g/mol. The number of hydrogen-bond donors (Lipinski definition) is 0. The minimum Gasteiger partial charge on any atom is -0.438 e. The smallest absolute Gasteiger partial charge is 0.230 e. The second-order valence-electron chi connectivity index (χ2n) is 5.01. The molecule has 0 saturated carbocycles. The Bertz CT molecular complexity index is 822. The van der Waals surface area contributed by atoms with E-state index in [9.17, 15) is 10.1 Å². The topological polar surface area (TPSA) is 66.2 Å². The third-order valence-corrected chi connectivity index (χ3v) is 3.26. The Morgan fingerprint density at radius 2 is 1.96 bits per heavy atom. The molecule has 1 aromatic heterocycles. The summed E-state index contributed by atoms with van der Waals surface area (Å²) in [6, 6.07) is 9.69. The van der Waals surface area contributed by atoms with Crippen LogP contribution in [0.15, 0.2) is 48.3 Å². The predicted octanol–water partition coefficient (Wildman–Crippen LogP) is 4.33. The molecule has 2 aromatic rings. The summed E-state index contributed by atoms with van der Waals surface area (Å²) >= 11 is 11.9. The zero-order chi connectivity index (χ0) is 17.7. The fraction of sp³-hybridized carbons (Fsp3) is 0.118. The van der Waals surface area contributed by atoms with Crippen LogP contribution >= 0.6 is 23.2 Å². The maximum Gasteiger partial charge on any atom is 0.230 e. The van der Waals surface area contributed by atoms with Crippen LogP contribution in [0.5, 0.6) is 11.6 Å². The van der Waals surface area contributed by atoms with Gasteiger partial charge < -0.3 is 9.64 Å². The molecule has 24 heavy (non-hydrogen) atoms. The zero-order valence-electron chi connectivity index (χ0n) is 13.0. The van der Waals surface area contributed by atoms with Crippen molar-refractivity contribution in [2.24, 2.45) is 0 Å². The molecule has 0 fully saturated rings. The summed E-state index contributed by atoms with van der Waals surface area (Å²) in [5, 5.41) is 9.99. The molecule has 0 spiro atoms. The molecule has 0 saturated heterocycles. The van der Waals surface area contributed by atoms with Gasteiger partial charge in [-0.1, -0.05) is 23.2 Å². The van der Waals surface area contributed by atoms with Crippen LogP contribution in [0.1, 0.15) is 10.4 Å². The first-order valence-electron chi connectivity index (χ1n) is 6.82. The van der Waals surface area contributed by atoms with Crippen molar-refractivity contribution < 1.29 is 9.53 Å². The third kappa shape index (κ3) is 4.48. The maximum atomic E-state index is 12.6. The fourth-order valence-corrected chi connectivity index (χ4v) is 2.39. The molecule has 122 valence electrons. The Kier molecular flexibility index (Phi) is 5.80. The van der Waals surface area contributed by atoms with Gasteiger partial charge in [-0.15, -0.1) is 0 Å². The van der Waals surface area contributed by atoms with Gasteiger partial charge in [0.15, 0.2) is 0 Å². The van der Waals surface area contributed by atoms with E-state index in [1.807, 2.05) is 6.07 Å². The van der Waals surface area contributed by atoms with Crippen LogP contribution in [-0.4, -0.2) is 29.8 Å². The Labute approximate surface area is 149 Å². The maximum absolute atomic E-state index is 12.6. The van der Waals surface area contributed by atoms with E-state index < -0.39 is 5.78 Å². The van der Waals surface area contributed by atoms with Crippen molar-refractivity contribution in [1.82, 2.24) is 9.88 Å². The number of hydrogen-bond acceptors (Lipinski definition) is 5. The predicted molar refractivity (Wildman–Crippen MR) is 92.5 cm³/mol. The van der Waals surface area contributed by atoms with Gasteiger partial charge in [0.05, 0.1) is 5.56 Å². The van der Waals surface area contributed by atoms with E-state index in [1.54, 1.807) is 43.3 Å². The van der Waals surface area contributed by atoms with E-state index in [-0.39, 0.29) is 17.0 Å². The van der Waals surface area contributed by atoms with Crippen LogP contribution < -0.4 is 4.74 Å². The highest BCUT2D eigenvalue weighted by Crippen LogP contribution is 2.29. The number of carbonyl (C=O) groups excluding carboxylic acids is 1. The highest BCUT2D eigenvalue weighted by atomic mass is 35.5. The minimum atomic E-state index is -0.484. The Morgan fingerprint density at radius 1 is 1.29 bits per heavy atom. The fourth-order valence-electron chi connectivity index (χ4n) is 1.89. The third-order valence-electron chi connectivity index (χ3n) is 2.82. The Hall–Kier alpha value is -2.55. The van der Waals surface area contributed by atoms with Crippen molar-refractivity contribution >= 4 is 29.0 Å². The number of rotatable bonds is 5. The SMILES string of the molecule is CN(C)/C=C(\C#N)C(=O)c1cccnc1Oc1cc(Cl)cc(Cl)c1. The van der Waals surface area contributed by atoms with Crippen molar-refractivity contribution in [3.63, 3.8) is 0 Å². The normalized spacial score (nSPS) is 10.9. The van der Waals surface area contributed by atoms with Gasteiger partial charge in [0.25, 0.3) is 0 Å². The van der Waals surface area contributed by atoms with Gasteiger partial charge in [-0.3, -0.25) is 4.79 Å². The molecule has 0 aliphatic rings. The summed E-state index contributed by atoms with van der Waals surface area (Å²) in [5.41, 5.74) is 0.144. The van der Waals surface area contributed by atoms with Gasteiger partial charge in [0, 0.05) is 36.5 Å². The number of pyridine rings is 1. The van der Waals surface area contributed by atoms with Gasteiger partial charge in [-0.25, -0.2) is 4.98 Å². The number of benzene rings is 1. The summed E-state index contributed by atoms with van der Waals surface area (Å²) < 4.78 is 5.64. The van der Waals surface area contributed by atoms with E-state index in [4.69, 9.17) is 27.9 Å².